The number of benzene rings is 1. The van der Waals surface area contributed by atoms with E-state index in [1.165, 1.54) is 6.39 Å². The van der Waals surface area contributed by atoms with Gasteiger partial charge >= 0.3 is 0 Å². The van der Waals surface area contributed by atoms with Crippen LogP contribution in [0, 0.1) is 0 Å². The monoisotopic (exact) mass is 243 g/mol. The van der Waals surface area contributed by atoms with E-state index in [4.69, 9.17) is 10.2 Å². The van der Waals surface area contributed by atoms with E-state index in [9.17, 15) is 4.79 Å². The van der Waals surface area contributed by atoms with Crippen molar-refractivity contribution in [1.82, 2.24) is 4.98 Å². The summed E-state index contributed by atoms with van der Waals surface area (Å²) in [5, 5.41) is 0. The van der Waals surface area contributed by atoms with Crippen molar-refractivity contribution in [3.05, 3.63) is 36.9 Å². The number of aromatic nitrogens is 1. The Kier molecular flexibility index (Phi) is 2.60. The third kappa shape index (κ3) is 1.89. The van der Waals surface area contributed by atoms with Gasteiger partial charge in [-0.1, -0.05) is 0 Å². The number of hydrogen-bond donors (Lipinski definition) is 1. The van der Waals surface area contributed by atoms with Crippen molar-refractivity contribution in [3.63, 3.8) is 0 Å². The van der Waals surface area contributed by atoms with Crippen LogP contribution in [0.15, 0.2) is 41.3 Å². The lowest BCUT2D eigenvalue weighted by Gasteiger charge is -2.16. The van der Waals surface area contributed by atoms with E-state index in [-0.39, 0.29) is 11.9 Å². The highest BCUT2D eigenvalue weighted by Crippen LogP contribution is 2.25. The molecule has 1 amide bonds. The van der Waals surface area contributed by atoms with E-state index >= 15 is 0 Å². The molecular formula is C13H13N3O2. The third-order valence-corrected chi connectivity index (χ3v) is 3.05. The minimum absolute atomic E-state index is 0.0635. The van der Waals surface area contributed by atoms with Gasteiger partial charge < -0.3 is 15.1 Å². The van der Waals surface area contributed by atoms with E-state index < -0.39 is 0 Å². The van der Waals surface area contributed by atoms with Crippen LogP contribution in [0.2, 0.25) is 0 Å². The number of oxazole rings is 1. The summed E-state index contributed by atoms with van der Waals surface area (Å²) in [5.41, 5.74) is 7.58. The second-order valence-electron chi connectivity index (χ2n) is 4.38. The minimum Gasteiger partial charge on any atom is -0.444 e. The quantitative estimate of drug-likeness (QED) is 0.865. The number of nitrogens with two attached hydrogens (primary N) is 1. The molecule has 0 saturated carbocycles. The van der Waals surface area contributed by atoms with Crippen LogP contribution in [0.25, 0.3) is 11.3 Å². The summed E-state index contributed by atoms with van der Waals surface area (Å²) in [5.74, 6) is 0.793. The maximum atomic E-state index is 11.7. The summed E-state index contributed by atoms with van der Waals surface area (Å²) in [4.78, 5) is 17.3. The molecule has 0 aliphatic carbocycles. The zero-order valence-electron chi connectivity index (χ0n) is 9.74. The van der Waals surface area contributed by atoms with E-state index in [2.05, 4.69) is 4.98 Å². The molecule has 0 radical (unpaired) electrons. The lowest BCUT2D eigenvalue weighted by atomic mass is 10.1. The highest BCUT2D eigenvalue weighted by atomic mass is 16.3. The summed E-state index contributed by atoms with van der Waals surface area (Å²) < 4.78 is 5.21. The summed E-state index contributed by atoms with van der Waals surface area (Å²) in [6, 6.07) is 7.55. The molecule has 3 rings (SSSR count). The van der Waals surface area contributed by atoms with Crippen molar-refractivity contribution >= 4 is 11.6 Å². The van der Waals surface area contributed by atoms with Crippen LogP contribution in [0.5, 0.6) is 0 Å². The van der Waals surface area contributed by atoms with Crippen LogP contribution in [-0.2, 0) is 4.79 Å². The van der Waals surface area contributed by atoms with Crippen LogP contribution in [-0.4, -0.2) is 23.5 Å². The molecule has 18 heavy (non-hydrogen) atoms. The van der Waals surface area contributed by atoms with Gasteiger partial charge in [-0.05, 0) is 24.3 Å². The smallest absolute Gasteiger partial charge is 0.228 e. The van der Waals surface area contributed by atoms with Crippen molar-refractivity contribution < 1.29 is 9.21 Å². The first kappa shape index (κ1) is 11.0. The zero-order valence-corrected chi connectivity index (χ0v) is 9.74. The number of carbonyl (C=O) groups is 1. The normalized spacial score (nSPS) is 19.5. The standard InChI is InChI=1S/C13H13N3O2/c14-10-5-13(17)16(7-10)11-3-1-9(2-4-11)12-6-15-8-18-12/h1-4,6,8,10H,5,7,14H2. The first-order chi connectivity index (χ1) is 8.74. The van der Waals surface area contributed by atoms with Gasteiger partial charge in [-0.15, -0.1) is 0 Å². The fraction of sp³-hybridized carbons (Fsp3) is 0.231. The van der Waals surface area contributed by atoms with Gasteiger partial charge in [0.05, 0.1) is 6.20 Å². The largest absolute Gasteiger partial charge is 0.444 e. The number of hydrogen-bond acceptors (Lipinski definition) is 4. The number of rotatable bonds is 2. The topological polar surface area (TPSA) is 72.4 Å². The molecule has 2 N–H and O–H groups in total. The fourth-order valence-corrected chi connectivity index (χ4v) is 2.15. The third-order valence-electron chi connectivity index (χ3n) is 3.05. The molecule has 1 aromatic heterocycles. The molecule has 1 aliphatic rings. The van der Waals surface area contributed by atoms with E-state index in [1.807, 2.05) is 24.3 Å². The molecule has 5 heteroatoms. The highest BCUT2D eigenvalue weighted by molar-refractivity contribution is 5.96. The molecule has 0 bridgehead atoms. The van der Waals surface area contributed by atoms with Crippen molar-refractivity contribution in [3.8, 4) is 11.3 Å². The maximum Gasteiger partial charge on any atom is 0.228 e. The van der Waals surface area contributed by atoms with Gasteiger partial charge in [-0.2, -0.15) is 0 Å². The van der Waals surface area contributed by atoms with Gasteiger partial charge in [0.15, 0.2) is 12.2 Å². The Balaban J connectivity index is 1.85. The molecule has 1 aromatic carbocycles. The van der Waals surface area contributed by atoms with Crippen molar-refractivity contribution in [2.45, 2.75) is 12.5 Å². The van der Waals surface area contributed by atoms with Gasteiger partial charge in [0.1, 0.15) is 0 Å². The summed E-state index contributed by atoms with van der Waals surface area (Å²) in [7, 11) is 0. The van der Waals surface area contributed by atoms with E-state index in [1.54, 1.807) is 11.1 Å². The van der Waals surface area contributed by atoms with Crippen molar-refractivity contribution in [1.29, 1.82) is 0 Å². The Morgan fingerprint density at radius 2 is 2.11 bits per heavy atom. The number of carbonyl (C=O) groups excluding carboxylic acids is 1. The average Bonchev–Trinajstić information content (AvgIpc) is 2.99. The molecule has 0 spiro atoms. The molecule has 2 heterocycles. The number of amides is 1. The second-order valence-corrected chi connectivity index (χ2v) is 4.38. The Morgan fingerprint density at radius 1 is 1.33 bits per heavy atom. The minimum atomic E-state index is -0.0635. The van der Waals surface area contributed by atoms with E-state index in [0.717, 1.165) is 11.3 Å². The van der Waals surface area contributed by atoms with Crippen LogP contribution in [0.3, 0.4) is 0 Å². The molecule has 92 valence electrons. The molecule has 2 aromatic rings. The highest BCUT2D eigenvalue weighted by Gasteiger charge is 2.27. The molecule has 1 fully saturated rings. The Bertz CT molecular complexity index is 548. The Morgan fingerprint density at radius 3 is 2.67 bits per heavy atom. The molecule has 1 unspecified atom stereocenters. The lowest BCUT2D eigenvalue weighted by molar-refractivity contribution is -0.117. The van der Waals surface area contributed by atoms with Crippen LogP contribution < -0.4 is 10.6 Å². The molecular weight excluding hydrogens is 230 g/mol. The van der Waals surface area contributed by atoms with Gasteiger partial charge in [-0.25, -0.2) is 4.98 Å². The predicted molar refractivity (Wildman–Crippen MR) is 66.9 cm³/mol. The molecule has 1 atom stereocenters. The SMILES string of the molecule is NC1CC(=O)N(c2ccc(-c3cnco3)cc2)C1. The van der Waals surface area contributed by atoms with Crippen LogP contribution >= 0.6 is 0 Å². The zero-order chi connectivity index (χ0) is 12.5. The van der Waals surface area contributed by atoms with Crippen molar-refractivity contribution in [2.24, 2.45) is 5.73 Å². The second kappa shape index (κ2) is 4.27. The predicted octanol–water partition coefficient (Wildman–Crippen LogP) is 1.41. The first-order valence-corrected chi connectivity index (χ1v) is 5.79. The van der Waals surface area contributed by atoms with E-state index in [0.29, 0.717) is 18.7 Å². The van der Waals surface area contributed by atoms with Crippen LogP contribution in [0.1, 0.15) is 6.42 Å². The number of nitrogens with zero attached hydrogens (tertiary/aromatic N) is 2. The van der Waals surface area contributed by atoms with Gasteiger partial charge in [-0.3, -0.25) is 4.79 Å². The first-order valence-electron chi connectivity index (χ1n) is 5.79. The Hall–Kier alpha value is -2.14. The van der Waals surface area contributed by atoms with Crippen molar-refractivity contribution in [2.75, 3.05) is 11.4 Å². The molecule has 5 nitrogen and oxygen atoms in total. The summed E-state index contributed by atoms with van der Waals surface area (Å²) in [6.45, 7) is 0.584. The fourth-order valence-electron chi connectivity index (χ4n) is 2.15. The lowest BCUT2D eigenvalue weighted by Crippen LogP contribution is -2.27. The van der Waals surface area contributed by atoms with Gasteiger partial charge in [0, 0.05) is 30.3 Å². The number of anilines is 1. The molecule has 1 saturated heterocycles. The van der Waals surface area contributed by atoms with Crippen LogP contribution in [0.4, 0.5) is 5.69 Å². The van der Waals surface area contributed by atoms with Gasteiger partial charge in [0.25, 0.3) is 0 Å². The Labute approximate surface area is 104 Å². The average molecular weight is 243 g/mol. The van der Waals surface area contributed by atoms with Gasteiger partial charge in [0.2, 0.25) is 5.91 Å². The summed E-state index contributed by atoms with van der Waals surface area (Å²) in [6.07, 6.45) is 3.47. The molecule has 1 aliphatic heterocycles. The summed E-state index contributed by atoms with van der Waals surface area (Å²) >= 11 is 0. The maximum absolute atomic E-state index is 11.7.